The summed E-state index contributed by atoms with van der Waals surface area (Å²) in [6.07, 6.45) is 4.86. The quantitative estimate of drug-likeness (QED) is 0.145. The van der Waals surface area contributed by atoms with Gasteiger partial charge < -0.3 is 31.2 Å². The average Bonchev–Trinajstić information content (AvgIpc) is 3.48. The van der Waals surface area contributed by atoms with E-state index in [1.54, 1.807) is 19.5 Å². The Morgan fingerprint density at radius 1 is 0.891 bits per heavy atom. The fourth-order valence-corrected chi connectivity index (χ4v) is 5.76. The van der Waals surface area contributed by atoms with E-state index >= 15 is 0 Å². The topological polar surface area (TPSA) is 166 Å². The van der Waals surface area contributed by atoms with Crippen LogP contribution in [-0.4, -0.2) is 65.1 Å². The van der Waals surface area contributed by atoms with Gasteiger partial charge in [0, 0.05) is 67.3 Å². The van der Waals surface area contributed by atoms with Crippen LogP contribution in [0.1, 0.15) is 30.7 Å². The number of carbonyl (C=O) groups excluding carboxylic acids is 2. The third-order valence-corrected chi connectivity index (χ3v) is 8.27. The van der Waals surface area contributed by atoms with Gasteiger partial charge in [0.2, 0.25) is 23.6 Å². The molecule has 0 saturated carbocycles. The van der Waals surface area contributed by atoms with Crippen molar-refractivity contribution in [1.29, 1.82) is 0 Å². The number of aromatic nitrogens is 4. The lowest BCUT2D eigenvalue weighted by molar-refractivity contribution is -0.119. The summed E-state index contributed by atoms with van der Waals surface area (Å²) < 4.78 is 11.0. The number of hydrogen-bond donors (Lipinski definition) is 4. The first-order chi connectivity index (χ1) is 22.3. The average molecular weight is 666 g/mol. The highest BCUT2D eigenvalue weighted by molar-refractivity contribution is 6.39. The molecule has 3 heterocycles. The second-order valence-corrected chi connectivity index (χ2v) is 11.3. The van der Waals surface area contributed by atoms with Crippen molar-refractivity contribution in [1.82, 2.24) is 35.9 Å². The Bertz CT molecular complexity index is 1740. The highest BCUT2D eigenvalue weighted by atomic mass is 35.5. The molecule has 0 radical (unpaired) electrons. The van der Waals surface area contributed by atoms with Gasteiger partial charge in [-0.25, -0.2) is 9.97 Å². The van der Waals surface area contributed by atoms with Gasteiger partial charge in [0.1, 0.15) is 11.4 Å². The number of primary amides is 1. The molecule has 12 nitrogen and oxygen atoms in total. The Labute approximate surface area is 276 Å². The molecule has 2 aromatic carbocycles. The molecule has 4 aromatic rings. The van der Waals surface area contributed by atoms with Crippen molar-refractivity contribution >= 4 is 35.0 Å². The van der Waals surface area contributed by atoms with Gasteiger partial charge >= 0.3 is 0 Å². The molecule has 1 atom stereocenters. The van der Waals surface area contributed by atoms with Crippen LogP contribution in [0.2, 0.25) is 10.0 Å². The zero-order chi connectivity index (χ0) is 32.6. The number of nitrogens with two attached hydrogens (primary N) is 1. The van der Waals surface area contributed by atoms with E-state index in [2.05, 4.69) is 30.9 Å². The summed E-state index contributed by atoms with van der Waals surface area (Å²) in [5.74, 6) is 0.402. The molecule has 1 saturated heterocycles. The van der Waals surface area contributed by atoms with Crippen molar-refractivity contribution in [2.75, 3.05) is 27.3 Å². The minimum atomic E-state index is -0.386. The Kier molecular flexibility index (Phi) is 11.0. The zero-order valence-electron chi connectivity index (χ0n) is 25.4. The second-order valence-electron chi connectivity index (χ2n) is 10.6. The van der Waals surface area contributed by atoms with Crippen molar-refractivity contribution in [3.63, 3.8) is 0 Å². The van der Waals surface area contributed by atoms with Gasteiger partial charge in [0.05, 0.1) is 48.0 Å². The van der Waals surface area contributed by atoms with E-state index < -0.39 is 0 Å². The lowest BCUT2D eigenvalue weighted by atomic mass is 9.98. The first-order valence-corrected chi connectivity index (χ1v) is 15.4. The maximum absolute atomic E-state index is 11.5. The SMILES string of the molecule is COc1nc(-c2cccc(-c3cccc(-c4cnc(CNCC5CCC(=O)N5)c(OC)n4)c3Cl)c2Cl)cnc1CNCCC(N)=O. The predicted octanol–water partition coefficient (Wildman–Crippen LogP) is 3.92. The van der Waals surface area contributed by atoms with Crippen molar-refractivity contribution in [3.8, 4) is 45.4 Å². The maximum Gasteiger partial charge on any atom is 0.237 e. The number of amides is 2. The van der Waals surface area contributed by atoms with Gasteiger partial charge in [-0.15, -0.1) is 0 Å². The summed E-state index contributed by atoms with van der Waals surface area (Å²) in [4.78, 5) is 40.9. The van der Waals surface area contributed by atoms with E-state index in [1.807, 2.05) is 36.4 Å². The Morgan fingerprint density at radius 2 is 1.41 bits per heavy atom. The van der Waals surface area contributed by atoms with Gasteiger partial charge in [-0.2, -0.15) is 0 Å². The molecule has 0 bridgehead atoms. The molecule has 2 amide bonds. The van der Waals surface area contributed by atoms with E-state index in [0.29, 0.717) is 99.4 Å². The maximum atomic E-state index is 11.5. The van der Waals surface area contributed by atoms with Crippen molar-refractivity contribution in [2.45, 2.75) is 38.4 Å². The van der Waals surface area contributed by atoms with Crippen LogP contribution in [0.15, 0.2) is 48.8 Å². The number of carbonyl (C=O) groups is 2. The number of rotatable bonds is 14. The third kappa shape index (κ3) is 7.71. The number of methoxy groups -OCH3 is 2. The van der Waals surface area contributed by atoms with E-state index in [-0.39, 0.29) is 24.3 Å². The number of ether oxygens (including phenoxy) is 2. The molecule has 5 N–H and O–H groups in total. The van der Waals surface area contributed by atoms with Crippen molar-refractivity contribution in [2.24, 2.45) is 5.73 Å². The normalized spacial score (nSPS) is 14.3. The molecular weight excluding hydrogens is 631 g/mol. The minimum absolute atomic E-state index is 0.0764. The second kappa shape index (κ2) is 15.3. The molecule has 14 heteroatoms. The number of benzene rings is 2. The molecule has 1 aliphatic rings. The summed E-state index contributed by atoms with van der Waals surface area (Å²) in [7, 11) is 3.06. The third-order valence-electron chi connectivity index (χ3n) is 7.46. The van der Waals surface area contributed by atoms with Crippen LogP contribution in [0.4, 0.5) is 0 Å². The molecule has 2 aromatic heterocycles. The van der Waals surface area contributed by atoms with E-state index in [9.17, 15) is 9.59 Å². The first-order valence-electron chi connectivity index (χ1n) is 14.7. The molecule has 5 rings (SSSR count). The van der Waals surface area contributed by atoms with Gasteiger partial charge in [-0.3, -0.25) is 19.6 Å². The molecule has 240 valence electrons. The zero-order valence-corrected chi connectivity index (χ0v) is 26.9. The minimum Gasteiger partial charge on any atom is -0.480 e. The number of hydrogen-bond acceptors (Lipinski definition) is 10. The fourth-order valence-electron chi connectivity index (χ4n) is 5.11. The monoisotopic (exact) mass is 664 g/mol. The Balaban J connectivity index is 1.37. The molecular formula is C32H34Cl2N8O4. The highest BCUT2D eigenvalue weighted by Gasteiger charge is 2.21. The van der Waals surface area contributed by atoms with Crippen LogP contribution >= 0.6 is 23.2 Å². The molecule has 1 unspecified atom stereocenters. The van der Waals surface area contributed by atoms with E-state index in [1.165, 1.54) is 7.11 Å². The van der Waals surface area contributed by atoms with Crippen molar-refractivity contribution < 1.29 is 19.1 Å². The lowest BCUT2D eigenvalue weighted by Crippen LogP contribution is -2.35. The molecule has 0 aliphatic carbocycles. The van der Waals surface area contributed by atoms with Gasteiger partial charge in [-0.05, 0) is 6.42 Å². The molecule has 46 heavy (non-hydrogen) atoms. The van der Waals surface area contributed by atoms with Crippen LogP contribution in [0.25, 0.3) is 33.6 Å². The van der Waals surface area contributed by atoms with Crippen LogP contribution in [0, 0.1) is 0 Å². The molecule has 1 fully saturated rings. The van der Waals surface area contributed by atoms with Gasteiger partial charge in [-0.1, -0.05) is 59.6 Å². The summed E-state index contributed by atoms with van der Waals surface area (Å²) in [5, 5.41) is 10.2. The van der Waals surface area contributed by atoms with Crippen LogP contribution < -0.4 is 31.2 Å². The standard InChI is InChI=1S/C32H34Cl2N8O4/c1-45-31-25(14-36-12-11-27(35)43)38-16-23(41-31)21-7-3-5-19(29(21)33)20-6-4-8-22(30(20)34)24-17-39-26(32(42-24)46-2)15-37-13-18-9-10-28(44)40-18/h3-8,16-18,36-37H,9-15H2,1-2H3,(H2,35,43)(H,40,44). The van der Waals surface area contributed by atoms with E-state index in [0.717, 1.165) is 6.42 Å². The first kappa shape index (κ1) is 33.0. The Morgan fingerprint density at radius 3 is 1.89 bits per heavy atom. The largest absolute Gasteiger partial charge is 0.480 e. The highest BCUT2D eigenvalue weighted by Crippen LogP contribution is 2.42. The fraction of sp³-hybridized carbons (Fsp3) is 0.312. The van der Waals surface area contributed by atoms with E-state index in [4.69, 9.17) is 43.4 Å². The molecule has 0 spiro atoms. The summed E-state index contributed by atoms with van der Waals surface area (Å²) >= 11 is 14.0. The smallest absolute Gasteiger partial charge is 0.237 e. The predicted molar refractivity (Wildman–Crippen MR) is 175 cm³/mol. The number of nitrogens with zero attached hydrogens (tertiary/aromatic N) is 4. The van der Waals surface area contributed by atoms with Gasteiger partial charge in [0.15, 0.2) is 0 Å². The Hall–Kier alpha value is -4.36. The lowest BCUT2D eigenvalue weighted by Gasteiger charge is -2.15. The summed E-state index contributed by atoms with van der Waals surface area (Å²) in [6.45, 7) is 1.83. The number of nitrogens with one attached hydrogen (secondary N) is 3. The molecule has 1 aliphatic heterocycles. The van der Waals surface area contributed by atoms with Crippen molar-refractivity contribution in [3.05, 3.63) is 70.2 Å². The van der Waals surface area contributed by atoms with Crippen LogP contribution in [-0.2, 0) is 22.7 Å². The van der Waals surface area contributed by atoms with Crippen LogP contribution in [0.3, 0.4) is 0 Å². The van der Waals surface area contributed by atoms with Crippen LogP contribution in [0.5, 0.6) is 11.8 Å². The van der Waals surface area contributed by atoms with Gasteiger partial charge in [0.25, 0.3) is 0 Å². The summed E-state index contributed by atoms with van der Waals surface area (Å²) in [5.41, 5.74) is 10.2. The summed E-state index contributed by atoms with van der Waals surface area (Å²) in [6, 6.07) is 11.3. The number of halogens is 2.